The van der Waals surface area contributed by atoms with E-state index >= 15 is 0 Å². The van der Waals surface area contributed by atoms with E-state index < -0.39 is 0 Å². The monoisotopic (exact) mass is 259 g/mol. The van der Waals surface area contributed by atoms with E-state index in [1.165, 1.54) is 22.6 Å². The molecule has 2 aromatic heterocycles. The second-order valence-corrected chi connectivity index (χ2v) is 6.14. The Hall–Kier alpha value is -1.42. The summed E-state index contributed by atoms with van der Waals surface area (Å²) in [5.41, 5.74) is 0.987. The fourth-order valence-electron chi connectivity index (χ4n) is 2.56. The fraction of sp³-hybridized carbons (Fsp3) is 0.429. The van der Waals surface area contributed by atoms with Crippen molar-refractivity contribution in [1.29, 1.82) is 0 Å². The zero-order chi connectivity index (χ0) is 12.5. The van der Waals surface area contributed by atoms with Crippen molar-refractivity contribution in [3.63, 3.8) is 0 Å². The van der Waals surface area contributed by atoms with E-state index in [0.717, 1.165) is 18.1 Å². The molecule has 1 atom stereocenters. The average Bonchev–Trinajstić information content (AvgIpc) is 2.96. The minimum absolute atomic E-state index is 0.486. The molecule has 1 saturated heterocycles. The van der Waals surface area contributed by atoms with Gasteiger partial charge in [0.15, 0.2) is 0 Å². The molecule has 3 heterocycles. The molecule has 1 unspecified atom stereocenters. The summed E-state index contributed by atoms with van der Waals surface area (Å²) in [6.45, 7) is 5.25. The quantitative estimate of drug-likeness (QED) is 0.826. The van der Waals surface area contributed by atoms with Gasteiger partial charge in [-0.05, 0) is 38.8 Å². The Morgan fingerprint density at radius 1 is 1.28 bits per heavy atom. The van der Waals surface area contributed by atoms with Crippen LogP contribution < -0.4 is 4.90 Å². The van der Waals surface area contributed by atoms with Crippen LogP contribution in [-0.4, -0.2) is 16.5 Å². The molecule has 1 aliphatic heterocycles. The first kappa shape index (κ1) is 11.7. The first-order valence-corrected chi connectivity index (χ1v) is 7.17. The van der Waals surface area contributed by atoms with Gasteiger partial charge in [-0.25, -0.2) is 4.98 Å². The van der Waals surface area contributed by atoms with E-state index in [0.29, 0.717) is 6.04 Å². The zero-order valence-electron chi connectivity index (χ0n) is 10.8. The van der Waals surface area contributed by atoms with Crippen LogP contribution in [0.25, 0.3) is 0 Å². The van der Waals surface area contributed by atoms with Crippen LogP contribution in [0.3, 0.4) is 0 Å². The SMILES string of the molecule is Cc1cncc(N2CCCC2c2ccc(C)s2)n1. The van der Waals surface area contributed by atoms with Crippen LogP contribution in [0.15, 0.2) is 24.5 Å². The maximum atomic E-state index is 4.61. The average molecular weight is 259 g/mol. The zero-order valence-corrected chi connectivity index (χ0v) is 11.6. The molecule has 0 aromatic carbocycles. The third-order valence-corrected chi connectivity index (χ3v) is 4.48. The van der Waals surface area contributed by atoms with Crippen molar-refractivity contribution in [3.8, 4) is 0 Å². The van der Waals surface area contributed by atoms with Crippen LogP contribution in [-0.2, 0) is 0 Å². The molecule has 1 aliphatic rings. The summed E-state index contributed by atoms with van der Waals surface area (Å²) in [6, 6.07) is 4.95. The van der Waals surface area contributed by atoms with Gasteiger partial charge in [-0.3, -0.25) is 4.98 Å². The maximum Gasteiger partial charge on any atom is 0.147 e. The number of hydrogen-bond donors (Lipinski definition) is 0. The molecule has 1 fully saturated rings. The molecule has 2 aromatic rings. The molecule has 3 nitrogen and oxygen atoms in total. The van der Waals surface area contributed by atoms with Crippen molar-refractivity contribution in [3.05, 3.63) is 40.0 Å². The minimum Gasteiger partial charge on any atom is -0.347 e. The highest BCUT2D eigenvalue weighted by atomic mass is 32.1. The smallest absolute Gasteiger partial charge is 0.147 e. The van der Waals surface area contributed by atoms with Crippen LogP contribution in [0.2, 0.25) is 0 Å². The largest absolute Gasteiger partial charge is 0.347 e. The highest BCUT2D eigenvalue weighted by Crippen LogP contribution is 2.37. The van der Waals surface area contributed by atoms with Gasteiger partial charge in [-0.2, -0.15) is 0 Å². The van der Waals surface area contributed by atoms with E-state index in [-0.39, 0.29) is 0 Å². The van der Waals surface area contributed by atoms with Crippen LogP contribution in [0.4, 0.5) is 5.82 Å². The minimum atomic E-state index is 0.486. The molecule has 0 saturated carbocycles. The van der Waals surface area contributed by atoms with E-state index in [9.17, 15) is 0 Å². The van der Waals surface area contributed by atoms with Crippen LogP contribution >= 0.6 is 11.3 Å². The fourth-order valence-corrected chi connectivity index (χ4v) is 3.58. The van der Waals surface area contributed by atoms with E-state index in [4.69, 9.17) is 0 Å². The highest BCUT2D eigenvalue weighted by Gasteiger charge is 2.28. The summed E-state index contributed by atoms with van der Waals surface area (Å²) in [7, 11) is 0. The Morgan fingerprint density at radius 3 is 2.89 bits per heavy atom. The van der Waals surface area contributed by atoms with Gasteiger partial charge in [0, 0.05) is 22.5 Å². The number of hydrogen-bond acceptors (Lipinski definition) is 4. The van der Waals surface area contributed by atoms with Gasteiger partial charge < -0.3 is 4.90 Å². The lowest BCUT2D eigenvalue weighted by molar-refractivity contribution is 0.722. The Kier molecular flexibility index (Phi) is 3.04. The van der Waals surface area contributed by atoms with Crippen molar-refractivity contribution < 1.29 is 0 Å². The van der Waals surface area contributed by atoms with E-state index in [1.54, 1.807) is 0 Å². The lowest BCUT2D eigenvalue weighted by Crippen LogP contribution is -2.23. The second kappa shape index (κ2) is 4.69. The predicted molar refractivity (Wildman–Crippen MR) is 75.1 cm³/mol. The lowest BCUT2D eigenvalue weighted by Gasteiger charge is -2.24. The predicted octanol–water partition coefficient (Wildman–Crippen LogP) is 3.50. The van der Waals surface area contributed by atoms with Gasteiger partial charge in [0.2, 0.25) is 0 Å². The Labute approximate surface area is 112 Å². The Morgan fingerprint density at radius 2 is 2.17 bits per heavy atom. The molecule has 0 aliphatic carbocycles. The summed E-state index contributed by atoms with van der Waals surface area (Å²) >= 11 is 1.90. The molecule has 0 bridgehead atoms. The number of aryl methyl sites for hydroxylation is 2. The van der Waals surface area contributed by atoms with Crippen molar-refractivity contribution in [2.24, 2.45) is 0 Å². The standard InChI is InChI=1S/C14H17N3S/c1-10-8-15-9-14(16-10)17-7-3-4-12(17)13-6-5-11(2)18-13/h5-6,8-9,12H,3-4,7H2,1-2H3. The molecule has 0 radical (unpaired) electrons. The normalized spacial score (nSPS) is 19.4. The molecule has 94 valence electrons. The molecule has 0 amide bonds. The third-order valence-electron chi connectivity index (χ3n) is 3.38. The Balaban J connectivity index is 1.92. The summed E-state index contributed by atoms with van der Waals surface area (Å²) in [5.74, 6) is 1.02. The first-order chi connectivity index (χ1) is 8.74. The van der Waals surface area contributed by atoms with Gasteiger partial charge in [0.05, 0.1) is 17.9 Å². The molecule has 4 heteroatoms. The first-order valence-electron chi connectivity index (χ1n) is 6.35. The Bertz CT molecular complexity index is 549. The third kappa shape index (κ3) is 2.12. The molecule has 3 rings (SSSR count). The van der Waals surface area contributed by atoms with Crippen LogP contribution in [0.5, 0.6) is 0 Å². The highest BCUT2D eigenvalue weighted by molar-refractivity contribution is 7.12. The van der Waals surface area contributed by atoms with Crippen LogP contribution in [0.1, 0.15) is 34.3 Å². The van der Waals surface area contributed by atoms with Crippen molar-refractivity contribution in [2.75, 3.05) is 11.4 Å². The van der Waals surface area contributed by atoms with Crippen molar-refractivity contribution >= 4 is 17.2 Å². The number of anilines is 1. The molecule has 0 N–H and O–H groups in total. The van der Waals surface area contributed by atoms with E-state index in [1.807, 2.05) is 30.7 Å². The van der Waals surface area contributed by atoms with Crippen molar-refractivity contribution in [1.82, 2.24) is 9.97 Å². The molecule has 18 heavy (non-hydrogen) atoms. The summed E-state index contributed by atoms with van der Waals surface area (Å²) < 4.78 is 0. The van der Waals surface area contributed by atoms with Gasteiger partial charge in [-0.1, -0.05) is 0 Å². The summed E-state index contributed by atoms with van der Waals surface area (Å²) in [4.78, 5) is 14.1. The molecule has 0 spiro atoms. The summed E-state index contributed by atoms with van der Waals surface area (Å²) in [5, 5.41) is 0. The summed E-state index contributed by atoms with van der Waals surface area (Å²) in [6.07, 6.45) is 6.14. The van der Waals surface area contributed by atoms with Crippen LogP contribution in [0, 0.1) is 13.8 Å². The maximum absolute atomic E-state index is 4.61. The second-order valence-electron chi connectivity index (χ2n) is 4.82. The number of aromatic nitrogens is 2. The molecular formula is C14H17N3S. The molecular weight excluding hydrogens is 242 g/mol. The lowest BCUT2D eigenvalue weighted by atomic mass is 10.2. The van der Waals surface area contributed by atoms with Crippen molar-refractivity contribution in [2.45, 2.75) is 32.7 Å². The van der Waals surface area contributed by atoms with Gasteiger partial charge >= 0.3 is 0 Å². The number of nitrogens with zero attached hydrogens (tertiary/aromatic N) is 3. The van der Waals surface area contributed by atoms with Gasteiger partial charge in [0.1, 0.15) is 5.82 Å². The topological polar surface area (TPSA) is 29.0 Å². The van der Waals surface area contributed by atoms with E-state index in [2.05, 4.69) is 33.9 Å². The number of thiophene rings is 1. The number of rotatable bonds is 2. The van der Waals surface area contributed by atoms with Gasteiger partial charge in [-0.15, -0.1) is 11.3 Å². The van der Waals surface area contributed by atoms with Gasteiger partial charge in [0.25, 0.3) is 0 Å².